The van der Waals surface area contributed by atoms with Gasteiger partial charge in [-0.2, -0.15) is 8.78 Å². The Bertz CT molecular complexity index is 413. The molecule has 94 valence electrons. The molecule has 0 spiro atoms. The molecular weight excluding hydrogens is 220 g/mol. The van der Waals surface area contributed by atoms with Gasteiger partial charge in [0.1, 0.15) is 0 Å². The first kappa shape index (κ1) is 12.5. The monoisotopic (exact) mass is 239 g/mol. The Balaban J connectivity index is 2.35. The lowest BCUT2D eigenvalue weighted by atomic mass is 9.92. The van der Waals surface area contributed by atoms with Gasteiger partial charge in [0.25, 0.3) is 5.92 Å². The van der Waals surface area contributed by atoms with E-state index in [1.54, 1.807) is 18.0 Å². The maximum atomic E-state index is 13.8. The van der Waals surface area contributed by atoms with Crippen molar-refractivity contribution in [2.75, 3.05) is 13.6 Å². The quantitative estimate of drug-likeness (QED) is 0.764. The van der Waals surface area contributed by atoms with Crippen LogP contribution in [0.5, 0.6) is 0 Å². The molecule has 1 aliphatic rings. The summed E-state index contributed by atoms with van der Waals surface area (Å²) < 4.78 is 27.6. The van der Waals surface area contributed by atoms with Gasteiger partial charge in [-0.25, -0.2) is 0 Å². The zero-order chi connectivity index (χ0) is 12.6. The largest absolute Gasteiger partial charge is 0.296 e. The van der Waals surface area contributed by atoms with E-state index in [4.69, 9.17) is 0 Å². The predicted octanol–water partition coefficient (Wildman–Crippen LogP) is 3.42. The van der Waals surface area contributed by atoms with Crippen LogP contribution in [0.4, 0.5) is 8.78 Å². The summed E-state index contributed by atoms with van der Waals surface area (Å²) in [5.41, 5.74) is 2.15. The average molecular weight is 239 g/mol. The number of hydrogen-bond donors (Lipinski definition) is 0. The van der Waals surface area contributed by atoms with E-state index < -0.39 is 5.92 Å². The number of nitrogens with zero attached hydrogens (tertiary/aromatic N) is 1. The molecule has 1 aromatic rings. The number of halogens is 2. The smallest absolute Gasteiger partial charge is 0.285 e. The molecule has 1 heterocycles. The second-order valence-electron chi connectivity index (χ2n) is 5.47. The van der Waals surface area contributed by atoms with Gasteiger partial charge in [0.05, 0.1) is 6.54 Å². The van der Waals surface area contributed by atoms with Gasteiger partial charge in [0.2, 0.25) is 0 Å². The van der Waals surface area contributed by atoms with E-state index in [2.05, 4.69) is 13.8 Å². The summed E-state index contributed by atoms with van der Waals surface area (Å²) in [6.45, 7) is 4.72. The van der Waals surface area contributed by atoms with Crippen LogP contribution < -0.4 is 0 Å². The lowest BCUT2D eigenvalue weighted by Crippen LogP contribution is -2.38. The number of fused-ring (bicyclic) bond motifs is 1. The maximum Gasteiger partial charge on any atom is 0.285 e. The van der Waals surface area contributed by atoms with Crippen LogP contribution in [-0.2, 0) is 18.9 Å². The highest BCUT2D eigenvalue weighted by Crippen LogP contribution is 2.36. The third kappa shape index (κ3) is 2.65. The second-order valence-corrected chi connectivity index (χ2v) is 5.47. The van der Waals surface area contributed by atoms with Crippen LogP contribution in [0.25, 0.3) is 0 Å². The van der Waals surface area contributed by atoms with E-state index in [0.29, 0.717) is 12.5 Å². The van der Waals surface area contributed by atoms with Crippen molar-refractivity contribution in [3.8, 4) is 0 Å². The molecule has 0 aliphatic carbocycles. The molecule has 1 aromatic carbocycles. The minimum absolute atomic E-state index is 0.177. The van der Waals surface area contributed by atoms with Crippen LogP contribution in [0.15, 0.2) is 18.2 Å². The van der Waals surface area contributed by atoms with Gasteiger partial charge in [-0.1, -0.05) is 32.0 Å². The first-order chi connectivity index (χ1) is 7.88. The molecule has 0 fully saturated rings. The SMILES string of the molecule is CC(C)Cc1ccc2c(c1)CN(C)CC2(F)F. The summed E-state index contributed by atoms with van der Waals surface area (Å²) in [4.78, 5) is 1.68. The van der Waals surface area contributed by atoms with Crippen molar-refractivity contribution in [3.63, 3.8) is 0 Å². The van der Waals surface area contributed by atoms with Crippen molar-refractivity contribution >= 4 is 0 Å². The van der Waals surface area contributed by atoms with E-state index in [9.17, 15) is 8.78 Å². The number of alkyl halides is 2. The summed E-state index contributed by atoms with van der Waals surface area (Å²) >= 11 is 0. The molecule has 0 unspecified atom stereocenters. The van der Waals surface area contributed by atoms with Crippen LogP contribution in [0.2, 0.25) is 0 Å². The fourth-order valence-corrected chi connectivity index (χ4v) is 2.50. The third-order valence-corrected chi connectivity index (χ3v) is 3.12. The molecule has 1 nitrogen and oxygen atoms in total. The van der Waals surface area contributed by atoms with E-state index >= 15 is 0 Å². The lowest BCUT2D eigenvalue weighted by Gasteiger charge is -2.32. The number of likely N-dealkylation sites (N-methyl/N-ethyl adjacent to an activating group) is 1. The molecule has 0 atom stereocenters. The van der Waals surface area contributed by atoms with Gasteiger partial charge in [-0.15, -0.1) is 0 Å². The minimum atomic E-state index is -2.71. The molecule has 0 aromatic heterocycles. The van der Waals surface area contributed by atoms with Gasteiger partial charge in [-0.05, 0) is 30.5 Å². The molecule has 0 saturated carbocycles. The predicted molar refractivity (Wildman–Crippen MR) is 65.2 cm³/mol. The molecule has 0 bridgehead atoms. The number of rotatable bonds is 2. The highest BCUT2D eigenvalue weighted by Gasteiger charge is 2.38. The highest BCUT2D eigenvalue weighted by atomic mass is 19.3. The molecular formula is C14H19F2N. The van der Waals surface area contributed by atoms with Crippen molar-refractivity contribution in [2.45, 2.75) is 32.7 Å². The Kier molecular flexibility index (Phi) is 3.21. The second kappa shape index (κ2) is 4.37. The van der Waals surface area contributed by atoms with Crippen molar-refractivity contribution in [1.29, 1.82) is 0 Å². The normalized spacial score (nSPS) is 19.4. The Labute approximate surface area is 101 Å². The molecule has 2 rings (SSSR count). The van der Waals surface area contributed by atoms with Crippen molar-refractivity contribution in [2.24, 2.45) is 5.92 Å². The summed E-state index contributed by atoms with van der Waals surface area (Å²) in [5, 5.41) is 0. The molecule has 3 heteroatoms. The summed E-state index contributed by atoms with van der Waals surface area (Å²) in [6.07, 6.45) is 0.947. The maximum absolute atomic E-state index is 13.8. The zero-order valence-corrected chi connectivity index (χ0v) is 10.6. The standard InChI is InChI=1S/C14H19F2N/c1-10(2)6-11-4-5-13-12(7-11)8-17(3)9-14(13,15)16/h4-5,7,10H,6,8-9H2,1-3H3. The number of benzene rings is 1. The Morgan fingerprint density at radius 2 is 2.06 bits per heavy atom. The average Bonchev–Trinajstić information content (AvgIpc) is 2.13. The van der Waals surface area contributed by atoms with Crippen molar-refractivity contribution in [1.82, 2.24) is 4.90 Å². The molecule has 0 saturated heterocycles. The van der Waals surface area contributed by atoms with Crippen LogP contribution in [-0.4, -0.2) is 18.5 Å². The number of hydrogen-bond acceptors (Lipinski definition) is 1. The van der Waals surface area contributed by atoms with Gasteiger partial charge in [-0.3, -0.25) is 4.90 Å². The molecule has 0 amide bonds. The molecule has 0 radical (unpaired) electrons. The fourth-order valence-electron chi connectivity index (χ4n) is 2.50. The zero-order valence-electron chi connectivity index (χ0n) is 10.6. The minimum Gasteiger partial charge on any atom is -0.296 e. The van der Waals surface area contributed by atoms with E-state index in [1.165, 1.54) is 0 Å². The van der Waals surface area contributed by atoms with Gasteiger partial charge >= 0.3 is 0 Å². The van der Waals surface area contributed by atoms with Crippen LogP contribution in [0.3, 0.4) is 0 Å². The topological polar surface area (TPSA) is 3.24 Å². The summed E-state index contributed by atoms with van der Waals surface area (Å²) in [6, 6.07) is 5.40. The van der Waals surface area contributed by atoms with Crippen molar-refractivity contribution < 1.29 is 8.78 Å². The van der Waals surface area contributed by atoms with Gasteiger partial charge < -0.3 is 0 Å². The first-order valence-electron chi connectivity index (χ1n) is 6.07. The Morgan fingerprint density at radius 3 is 2.71 bits per heavy atom. The Morgan fingerprint density at radius 1 is 1.35 bits per heavy atom. The molecule has 17 heavy (non-hydrogen) atoms. The highest BCUT2D eigenvalue weighted by molar-refractivity contribution is 5.37. The van der Waals surface area contributed by atoms with Gasteiger partial charge in [0, 0.05) is 12.1 Å². The van der Waals surface area contributed by atoms with Crippen LogP contribution >= 0.6 is 0 Å². The van der Waals surface area contributed by atoms with E-state index in [0.717, 1.165) is 17.5 Å². The first-order valence-corrected chi connectivity index (χ1v) is 6.07. The summed E-state index contributed by atoms with van der Waals surface area (Å²) in [5.74, 6) is -2.16. The fraction of sp³-hybridized carbons (Fsp3) is 0.571. The van der Waals surface area contributed by atoms with E-state index in [-0.39, 0.29) is 12.1 Å². The summed E-state index contributed by atoms with van der Waals surface area (Å²) in [7, 11) is 1.74. The van der Waals surface area contributed by atoms with Crippen LogP contribution in [0, 0.1) is 5.92 Å². The van der Waals surface area contributed by atoms with E-state index in [1.807, 2.05) is 12.1 Å². The van der Waals surface area contributed by atoms with Gasteiger partial charge in [0.15, 0.2) is 0 Å². The third-order valence-electron chi connectivity index (χ3n) is 3.12. The molecule has 1 aliphatic heterocycles. The Hall–Kier alpha value is -0.960. The lowest BCUT2D eigenvalue weighted by molar-refractivity contribution is -0.0455. The molecule has 0 N–H and O–H groups in total. The van der Waals surface area contributed by atoms with Crippen LogP contribution in [0.1, 0.15) is 30.5 Å². The van der Waals surface area contributed by atoms with Crippen molar-refractivity contribution in [3.05, 3.63) is 34.9 Å².